The van der Waals surface area contributed by atoms with Crippen molar-refractivity contribution in [1.29, 1.82) is 0 Å². The maximum atomic E-state index is 15.3. The Kier molecular flexibility index (Phi) is 8.49. The standard InChI is InChI=1S/C30H26F6O2/c1-2-3-14-37-24-11-8-20(9-12-24)22-10-13-25-23(17-22)7-6-21(28(25)33)5-4-19-15-26(31)29(27(32)16-19)38-18-30(34,35)36/h6-13,15-17H,2-5,14,18H2,1H3. The predicted molar refractivity (Wildman–Crippen MR) is 135 cm³/mol. The van der Waals surface area contributed by atoms with Crippen molar-refractivity contribution in [2.24, 2.45) is 0 Å². The molecule has 200 valence electrons. The van der Waals surface area contributed by atoms with Gasteiger partial charge in [-0.25, -0.2) is 13.2 Å². The summed E-state index contributed by atoms with van der Waals surface area (Å²) in [7, 11) is 0. The molecule has 2 nitrogen and oxygen atoms in total. The van der Waals surface area contributed by atoms with Gasteiger partial charge < -0.3 is 9.47 Å². The van der Waals surface area contributed by atoms with Crippen molar-refractivity contribution in [3.63, 3.8) is 0 Å². The Balaban J connectivity index is 1.46. The van der Waals surface area contributed by atoms with E-state index in [1.807, 2.05) is 36.4 Å². The molecular weight excluding hydrogens is 506 g/mol. The molecule has 0 aliphatic heterocycles. The highest BCUT2D eigenvalue weighted by Gasteiger charge is 2.30. The molecule has 0 unspecified atom stereocenters. The summed E-state index contributed by atoms with van der Waals surface area (Å²) < 4.78 is 90.4. The summed E-state index contributed by atoms with van der Waals surface area (Å²) in [6, 6.07) is 18.3. The van der Waals surface area contributed by atoms with E-state index in [4.69, 9.17) is 4.74 Å². The molecule has 0 fully saturated rings. The molecule has 0 bridgehead atoms. The Morgan fingerprint density at radius 2 is 1.42 bits per heavy atom. The molecule has 38 heavy (non-hydrogen) atoms. The fraction of sp³-hybridized carbons (Fsp3) is 0.267. The van der Waals surface area contributed by atoms with Gasteiger partial charge in [0.2, 0.25) is 0 Å². The lowest BCUT2D eigenvalue weighted by molar-refractivity contribution is -0.154. The lowest BCUT2D eigenvalue weighted by atomic mass is 9.97. The highest BCUT2D eigenvalue weighted by molar-refractivity contribution is 5.88. The van der Waals surface area contributed by atoms with Crippen LogP contribution in [0.15, 0.2) is 66.7 Å². The summed E-state index contributed by atoms with van der Waals surface area (Å²) in [4.78, 5) is 0. The van der Waals surface area contributed by atoms with E-state index in [0.29, 0.717) is 22.9 Å². The number of hydrogen-bond donors (Lipinski definition) is 0. The fourth-order valence-electron chi connectivity index (χ4n) is 4.12. The molecule has 4 aromatic carbocycles. The lowest BCUT2D eigenvalue weighted by Crippen LogP contribution is -2.20. The van der Waals surface area contributed by atoms with Crippen molar-refractivity contribution in [2.75, 3.05) is 13.2 Å². The van der Waals surface area contributed by atoms with Crippen LogP contribution in [0.1, 0.15) is 30.9 Å². The molecule has 4 rings (SSSR count). The first kappa shape index (κ1) is 27.4. The third kappa shape index (κ3) is 6.79. The van der Waals surface area contributed by atoms with Gasteiger partial charge in [-0.1, -0.05) is 49.7 Å². The van der Waals surface area contributed by atoms with Crippen molar-refractivity contribution < 1.29 is 35.8 Å². The number of ether oxygens (including phenoxy) is 2. The van der Waals surface area contributed by atoms with Gasteiger partial charge in [0.15, 0.2) is 24.0 Å². The number of fused-ring (bicyclic) bond motifs is 1. The average molecular weight is 533 g/mol. The summed E-state index contributed by atoms with van der Waals surface area (Å²) in [5.41, 5.74) is 2.42. The minimum absolute atomic E-state index is 0.0839. The Morgan fingerprint density at radius 3 is 2.08 bits per heavy atom. The minimum Gasteiger partial charge on any atom is -0.494 e. The molecule has 0 aromatic heterocycles. The maximum Gasteiger partial charge on any atom is 0.422 e. The maximum absolute atomic E-state index is 15.3. The molecular formula is C30H26F6O2. The fourth-order valence-corrected chi connectivity index (χ4v) is 4.12. The number of unbranched alkanes of at least 4 members (excludes halogenated alkanes) is 1. The topological polar surface area (TPSA) is 18.5 Å². The van der Waals surface area contributed by atoms with Crippen LogP contribution in [0.5, 0.6) is 11.5 Å². The van der Waals surface area contributed by atoms with E-state index in [0.717, 1.165) is 41.9 Å². The van der Waals surface area contributed by atoms with E-state index in [-0.39, 0.29) is 18.4 Å². The number of halogens is 6. The van der Waals surface area contributed by atoms with Gasteiger partial charge in [0.05, 0.1) is 6.61 Å². The SMILES string of the molecule is CCCCOc1ccc(-c2ccc3c(F)c(CCc4cc(F)c(OCC(F)(F)F)c(F)c4)ccc3c2)cc1. The Bertz CT molecular complexity index is 1370. The third-order valence-electron chi connectivity index (χ3n) is 6.11. The highest BCUT2D eigenvalue weighted by Crippen LogP contribution is 2.30. The number of hydrogen-bond acceptors (Lipinski definition) is 2. The Hall–Kier alpha value is -3.68. The number of aryl methyl sites for hydroxylation is 2. The molecule has 0 amide bonds. The summed E-state index contributed by atoms with van der Waals surface area (Å²) in [6.45, 7) is 0.963. The van der Waals surface area contributed by atoms with E-state index in [9.17, 15) is 22.0 Å². The second-order valence-corrected chi connectivity index (χ2v) is 8.99. The van der Waals surface area contributed by atoms with E-state index in [2.05, 4.69) is 11.7 Å². The highest BCUT2D eigenvalue weighted by atomic mass is 19.4. The normalized spacial score (nSPS) is 11.7. The quantitative estimate of drug-likeness (QED) is 0.150. The smallest absolute Gasteiger partial charge is 0.422 e. The van der Waals surface area contributed by atoms with Crippen molar-refractivity contribution in [2.45, 2.75) is 38.8 Å². The van der Waals surface area contributed by atoms with Crippen LogP contribution in [0.25, 0.3) is 21.9 Å². The van der Waals surface area contributed by atoms with Crippen LogP contribution in [0, 0.1) is 17.5 Å². The van der Waals surface area contributed by atoms with Crippen molar-refractivity contribution in [1.82, 2.24) is 0 Å². The zero-order valence-electron chi connectivity index (χ0n) is 20.7. The average Bonchev–Trinajstić information content (AvgIpc) is 2.87. The molecule has 0 saturated carbocycles. The molecule has 8 heteroatoms. The second-order valence-electron chi connectivity index (χ2n) is 8.99. The minimum atomic E-state index is -4.72. The molecule has 4 aromatic rings. The van der Waals surface area contributed by atoms with Gasteiger partial charge in [-0.15, -0.1) is 0 Å². The first-order chi connectivity index (χ1) is 18.1. The van der Waals surface area contributed by atoms with Crippen molar-refractivity contribution >= 4 is 10.8 Å². The summed E-state index contributed by atoms with van der Waals surface area (Å²) in [5, 5.41) is 1.12. The lowest BCUT2D eigenvalue weighted by Gasteiger charge is -2.12. The van der Waals surface area contributed by atoms with Gasteiger partial charge in [0.25, 0.3) is 0 Å². The van der Waals surface area contributed by atoms with E-state index in [1.165, 1.54) is 0 Å². The molecule has 0 N–H and O–H groups in total. The van der Waals surface area contributed by atoms with Gasteiger partial charge in [0, 0.05) is 5.39 Å². The molecule has 0 spiro atoms. The van der Waals surface area contributed by atoms with Crippen LogP contribution in [0.4, 0.5) is 26.3 Å². The molecule has 0 atom stereocenters. The van der Waals surface area contributed by atoms with E-state index < -0.39 is 36.0 Å². The first-order valence-electron chi connectivity index (χ1n) is 12.3. The van der Waals surface area contributed by atoms with Gasteiger partial charge >= 0.3 is 6.18 Å². The summed E-state index contributed by atoms with van der Waals surface area (Å²) in [5.74, 6) is -3.20. The number of alkyl halides is 3. The number of rotatable bonds is 10. The van der Waals surface area contributed by atoms with Crippen LogP contribution in [0.3, 0.4) is 0 Å². The molecule has 0 aliphatic rings. The zero-order chi connectivity index (χ0) is 27.3. The first-order valence-corrected chi connectivity index (χ1v) is 12.3. The molecule has 0 radical (unpaired) electrons. The largest absolute Gasteiger partial charge is 0.494 e. The monoisotopic (exact) mass is 532 g/mol. The van der Waals surface area contributed by atoms with E-state index >= 15 is 4.39 Å². The van der Waals surface area contributed by atoms with Gasteiger partial charge in [-0.2, -0.15) is 13.2 Å². The zero-order valence-corrected chi connectivity index (χ0v) is 20.7. The van der Waals surface area contributed by atoms with Crippen LogP contribution in [-0.2, 0) is 12.8 Å². The van der Waals surface area contributed by atoms with Crippen molar-refractivity contribution in [3.05, 3.63) is 95.3 Å². The van der Waals surface area contributed by atoms with Crippen LogP contribution in [-0.4, -0.2) is 19.4 Å². The second kappa shape index (κ2) is 11.8. The third-order valence-corrected chi connectivity index (χ3v) is 6.11. The Morgan fingerprint density at radius 1 is 0.737 bits per heavy atom. The van der Waals surface area contributed by atoms with Crippen LogP contribution in [0.2, 0.25) is 0 Å². The molecule has 0 heterocycles. The molecule has 0 saturated heterocycles. The van der Waals surface area contributed by atoms with Crippen LogP contribution < -0.4 is 9.47 Å². The van der Waals surface area contributed by atoms with Gasteiger partial charge in [-0.05, 0) is 77.2 Å². The summed E-state index contributed by atoms with van der Waals surface area (Å²) >= 11 is 0. The predicted octanol–water partition coefficient (Wildman–Crippen LogP) is 8.83. The van der Waals surface area contributed by atoms with Crippen LogP contribution >= 0.6 is 0 Å². The van der Waals surface area contributed by atoms with Crippen molar-refractivity contribution in [3.8, 4) is 22.6 Å². The summed E-state index contributed by atoms with van der Waals surface area (Å²) in [6.07, 6.45) is -2.45. The molecule has 0 aliphatic carbocycles. The van der Waals surface area contributed by atoms with Gasteiger partial charge in [-0.3, -0.25) is 0 Å². The number of benzene rings is 4. The Labute approximate surface area is 216 Å². The van der Waals surface area contributed by atoms with E-state index in [1.54, 1.807) is 18.2 Å². The van der Waals surface area contributed by atoms with Gasteiger partial charge in [0.1, 0.15) is 11.6 Å².